The third-order valence-electron chi connectivity index (χ3n) is 3.05. The summed E-state index contributed by atoms with van der Waals surface area (Å²) in [5, 5.41) is 38.4. The summed E-state index contributed by atoms with van der Waals surface area (Å²) in [5.74, 6) is -0.141. The first-order chi connectivity index (χ1) is 10.7. The molecule has 1 fully saturated rings. The zero-order valence-electron chi connectivity index (χ0n) is 13.4. The smallest absolute Gasteiger partial charge is 0.229 e. The van der Waals surface area contributed by atoms with Crippen molar-refractivity contribution < 1.29 is 38.7 Å². The second kappa shape index (κ2) is 6.38. The SMILES string of the molecule is [2H]C([2H])([2H])Oc1ccccc1O[C@@H]1O[C@H](CO)[C@@H](O)[C@H](O)[C@H]1O. The van der Waals surface area contributed by atoms with Crippen LogP contribution in [0.3, 0.4) is 0 Å². The second-order valence-electron chi connectivity index (χ2n) is 4.36. The Morgan fingerprint density at radius 3 is 2.50 bits per heavy atom. The van der Waals surface area contributed by atoms with E-state index in [-0.39, 0.29) is 11.5 Å². The van der Waals surface area contributed by atoms with Crippen molar-refractivity contribution in [2.24, 2.45) is 0 Å². The molecule has 0 bridgehead atoms. The Bertz CT molecular complexity index is 523. The van der Waals surface area contributed by atoms with Gasteiger partial charge in [0.2, 0.25) is 6.29 Å². The van der Waals surface area contributed by atoms with E-state index in [9.17, 15) is 15.3 Å². The highest BCUT2D eigenvalue weighted by atomic mass is 16.7. The molecule has 1 heterocycles. The van der Waals surface area contributed by atoms with Crippen molar-refractivity contribution in [1.82, 2.24) is 0 Å². The predicted molar refractivity (Wildman–Crippen MR) is 67.4 cm³/mol. The average Bonchev–Trinajstić information content (AvgIpc) is 2.48. The molecule has 2 rings (SSSR count). The maximum absolute atomic E-state index is 9.91. The molecule has 4 N–H and O–H groups in total. The van der Waals surface area contributed by atoms with E-state index in [1.54, 1.807) is 6.07 Å². The molecule has 0 amide bonds. The number of aliphatic hydroxyl groups is 4. The first-order valence-corrected chi connectivity index (χ1v) is 5.98. The van der Waals surface area contributed by atoms with E-state index in [0.717, 1.165) is 0 Å². The summed E-state index contributed by atoms with van der Waals surface area (Å²) in [6, 6.07) is 5.82. The molecule has 5 atom stereocenters. The van der Waals surface area contributed by atoms with Gasteiger partial charge in [-0.2, -0.15) is 0 Å². The summed E-state index contributed by atoms with van der Waals surface area (Å²) in [6.45, 7) is -0.599. The topological polar surface area (TPSA) is 109 Å². The van der Waals surface area contributed by atoms with Gasteiger partial charge in [0.15, 0.2) is 11.5 Å². The lowest BCUT2D eigenvalue weighted by molar-refractivity contribution is -0.277. The van der Waals surface area contributed by atoms with Crippen LogP contribution in [0.4, 0.5) is 0 Å². The fourth-order valence-corrected chi connectivity index (χ4v) is 1.92. The maximum atomic E-state index is 9.91. The van der Waals surface area contributed by atoms with E-state index < -0.39 is 44.4 Å². The van der Waals surface area contributed by atoms with Gasteiger partial charge in [0.1, 0.15) is 24.4 Å². The number of benzene rings is 1. The monoisotopic (exact) mass is 289 g/mol. The van der Waals surface area contributed by atoms with Crippen LogP contribution in [0.15, 0.2) is 24.3 Å². The third kappa shape index (κ3) is 2.87. The Balaban J connectivity index is 2.18. The molecule has 1 aliphatic heterocycles. The Morgan fingerprint density at radius 2 is 1.85 bits per heavy atom. The van der Waals surface area contributed by atoms with E-state index in [1.165, 1.54) is 18.2 Å². The van der Waals surface area contributed by atoms with Crippen LogP contribution >= 0.6 is 0 Å². The summed E-state index contributed by atoms with van der Waals surface area (Å²) in [4.78, 5) is 0. The van der Waals surface area contributed by atoms with Gasteiger partial charge in [-0.1, -0.05) is 12.1 Å². The first kappa shape index (κ1) is 11.3. The van der Waals surface area contributed by atoms with Crippen molar-refractivity contribution in [2.45, 2.75) is 30.7 Å². The molecule has 0 unspecified atom stereocenters. The zero-order valence-corrected chi connectivity index (χ0v) is 10.4. The standard InChI is InChI=1S/C13H18O7/c1-18-7-4-2-3-5-8(7)19-13-12(17)11(16)10(15)9(6-14)20-13/h2-5,9-17H,6H2,1H3/t9-,10-,11+,12-,13-/m1/s1/i1D3. The average molecular weight is 289 g/mol. The van der Waals surface area contributed by atoms with Gasteiger partial charge in [0.05, 0.1) is 17.8 Å². The molecule has 1 aromatic rings. The van der Waals surface area contributed by atoms with Gasteiger partial charge in [-0.3, -0.25) is 0 Å². The zero-order chi connectivity index (χ0) is 17.2. The molecule has 0 radical (unpaired) electrons. The summed E-state index contributed by atoms with van der Waals surface area (Å²) in [5.41, 5.74) is 0. The number of ether oxygens (including phenoxy) is 3. The van der Waals surface area contributed by atoms with Crippen LogP contribution in [0, 0.1) is 0 Å². The van der Waals surface area contributed by atoms with Crippen molar-refractivity contribution in [2.75, 3.05) is 13.6 Å². The molecule has 0 aromatic heterocycles. The number of rotatable bonds is 4. The number of methoxy groups -OCH3 is 1. The highest BCUT2D eigenvalue weighted by molar-refractivity contribution is 5.39. The molecule has 0 saturated carbocycles. The summed E-state index contributed by atoms with van der Waals surface area (Å²) >= 11 is 0. The predicted octanol–water partition coefficient (Wildman–Crippen LogP) is -1.13. The van der Waals surface area contributed by atoms with Crippen LogP contribution < -0.4 is 9.47 Å². The van der Waals surface area contributed by atoms with Gasteiger partial charge in [-0.25, -0.2) is 0 Å². The molecule has 1 aliphatic rings. The van der Waals surface area contributed by atoms with Gasteiger partial charge >= 0.3 is 0 Å². The molecule has 0 aliphatic carbocycles. The Morgan fingerprint density at radius 1 is 1.15 bits per heavy atom. The lowest BCUT2D eigenvalue weighted by Crippen LogP contribution is -2.60. The fourth-order valence-electron chi connectivity index (χ4n) is 1.92. The molecule has 1 aromatic carbocycles. The maximum Gasteiger partial charge on any atom is 0.229 e. The van der Waals surface area contributed by atoms with E-state index >= 15 is 0 Å². The fraction of sp³-hybridized carbons (Fsp3) is 0.538. The van der Waals surface area contributed by atoms with E-state index in [1.807, 2.05) is 0 Å². The molecule has 20 heavy (non-hydrogen) atoms. The van der Waals surface area contributed by atoms with Crippen molar-refractivity contribution in [1.29, 1.82) is 0 Å². The van der Waals surface area contributed by atoms with Gasteiger partial charge in [-0.05, 0) is 12.1 Å². The second-order valence-corrected chi connectivity index (χ2v) is 4.36. The summed E-state index contributed by atoms with van der Waals surface area (Å²) < 4.78 is 36.7. The number of aliphatic hydroxyl groups excluding tert-OH is 4. The minimum atomic E-state index is -2.70. The van der Waals surface area contributed by atoms with Crippen LogP contribution in [0.2, 0.25) is 0 Å². The quantitative estimate of drug-likeness (QED) is 0.555. The third-order valence-corrected chi connectivity index (χ3v) is 3.05. The Labute approximate surface area is 120 Å². The van der Waals surface area contributed by atoms with Crippen LogP contribution in [-0.2, 0) is 4.74 Å². The Hall–Kier alpha value is -1.38. The van der Waals surface area contributed by atoms with Gasteiger partial charge < -0.3 is 34.6 Å². The highest BCUT2D eigenvalue weighted by Gasteiger charge is 2.44. The van der Waals surface area contributed by atoms with Gasteiger partial charge in [0.25, 0.3) is 0 Å². The van der Waals surface area contributed by atoms with Crippen LogP contribution in [-0.4, -0.2) is 64.8 Å². The summed E-state index contributed by atoms with van der Waals surface area (Å²) in [6.07, 6.45) is -7.26. The van der Waals surface area contributed by atoms with Crippen molar-refractivity contribution >= 4 is 0 Å². The number of hydrogen-bond acceptors (Lipinski definition) is 7. The normalized spacial score (nSPS) is 36.6. The summed E-state index contributed by atoms with van der Waals surface area (Å²) in [7, 11) is -2.70. The van der Waals surface area contributed by atoms with E-state index in [4.69, 9.17) is 23.4 Å². The van der Waals surface area contributed by atoms with E-state index in [2.05, 4.69) is 0 Å². The molecule has 7 nitrogen and oxygen atoms in total. The van der Waals surface area contributed by atoms with Crippen molar-refractivity contribution in [3.05, 3.63) is 24.3 Å². The largest absolute Gasteiger partial charge is 0.493 e. The first-order valence-electron chi connectivity index (χ1n) is 7.48. The van der Waals surface area contributed by atoms with Crippen molar-refractivity contribution in [3.8, 4) is 11.5 Å². The minimum absolute atomic E-state index is 0.0343. The van der Waals surface area contributed by atoms with Crippen LogP contribution in [0.5, 0.6) is 11.5 Å². The molecule has 7 heteroatoms. The number of hydrogen-bond donors (Lipinski definition) is 4. The van der Waals surface area contributed by atoms with Crippen LogP contribution in [0.25, 0.3) is 0 Å². The number of para-hydroxylation sites is 2. The van der Waals surface area contributed by atoms with Gasteiger partial charge in [0, 0.05) is 0 Å². The minimum Gasteiger partial charge on any atom is -0.493 e. The lowest BCUT2D eigenvalue weighted by Gasteiger charge is -2.39. The molecule has 1 saturated heterocycles. The molecule has 0 spiro atoms. The van der Waals surface area contributed by atoms with E-state index in [0.29, 0.717) is 0 Å². The van der Waals surface area contributed by atoms with Crippen LogP contribution in [0.1, 0.15) is 4.11 Å². The van der Waals surface area contributed by atoms with Crippen molar-refractivity contribution in [3.63, 3.8) is 0 Å². The molecular formula is C13H18O7. The Kier molecular flexibility index (Phi) is 3.60. The molecule has 112 valence electrons. The highest BCUT2D eigenvalue weighted by Crippen LogP contribution is 2.30. The molecular weight excluding hydrogens is 268 g/mol. The lowest BCUT2D eigenvalue weighted by atomic mass is 9.99. The van der Waals surface area contributed by atoms with Gasteiger partial charge in [-0.15, -0.1) is 0 Å².